The van der Waals surface area contributed by atoms with E-state index in [1.807, 2.05) is 4.90 Å². The minimum absolute atomic E-state index is 0.190. The number of amidine groups is 1. The summed E-state index contributed by atoms with van der Waals surface area (Å²) in [5.74, 6) is 0.0227. The van der Waals surface area contributed by atoms with E-state index in [2.05, 4.69) is 10.1 Å². The average molecular weight is 295 g/mol. The zero-order valence-electron chi connectivity index (χ0n) is 11.6. The minimum Gasteiger partial charge on any atom is -0.409 e. The van der Waals surface area contributed by atoms with Gasteiger partial charge >= 0.3 is 0 Å². The number of nitro groups is 1. The van der Waals surface area contributed by atoms with E-state index in [0.717, 1.165) is 6.42 Å². The smallest absolute Gasteiger partial charge is 0.298 e. The number of hydrogen-bond acceptors (Lipinski definition) is 7. The topological polar surface area (TPSA) is 138 Å². The molecular formula is C12H17N5O4. The molecule has 9 heteroatoms. The predicted octanol–water partition coefficient (Wildman–Crippen LogP) is 0.435. The molecule has 1 fully saturated rings. The van der Waals surface area contributed by atoms with Gasteiger partial charge in [-0.1, -0.05) is 5.16 Å². The van der Waals surface area contributed by atoms with Crippen LogP contribution in [0.4, 0.5) is 11.5 Å². The summed E-state index contributed by atoms with van der Waals surface area (Å²) in [6.45, 7) is 2.78. The summed E-state index contributed by atoms with van der Waals surface area (Å²) in [7, 11) is 0. The molecule has 2 rings (SSSR count). The molecule has 1 saturated heterocycles. The monoisotopic (exact) mass is 295 g/mol. The van der Waals surface area contributed by atoms with Crippen molar-refractivity contribution in [1.82, 2.24) is 4.98 Å². The average Bonchev–Trinajstić information content (AvgIpc) is 2.44. The fraction of sp³-hybridized carbons (Fsp3) is 0.500. The Morgan fingerprint density at radius 2 is 2.33 bits per heavy atom. The van der Waals surface area contributed by atoms with Crippen molar-refractivity contribution in [3.05, 3.63) is 27.9 Å². The second kappa shape index (κ2) is 5.52. The van der Waals surface area contributed by atoms with E-state index in [-0.39, 0.29) is 11.4 Å². The molecule has 0 amide bonds. The van der Waals surface area contributed by atoms with E-state index in [4.69, 9.17) is 10.9 Å². The maximum absolute atomic E-state index is 11.0. The predicted molar refractivity (Wildman–Crippen MR) is 75.5 cm³/mol. The zero-order valence-corrected chi connectivity index (χ0v) is 11.6. The van der Waals surface area contributed by atoms with Crippen LogP contribution in [0.25, 0.3) is 0 Å². The normalized spacial score (nSPS) is 23.1. The van der Waals surface area contributed by atoms with Gasteiger partial charge in [-0.15, -0.1) is 0 Å². The molecule has 2 heterocycles. The Bertz CT molecular complexity index is 587. The van der Waals surface area contributed by atoms with Gasteiger partial charge < -0.3 is 20.9 Å². The molecule has 0 saturated carbocycles. The number of nitrogens with two attached hydrogens (primary N) is 1. The molecule has 1 unspecified atom stereocenters. The third-order valence-electron chi connectivity index (χ3n) is 3.41. The molecule has 0 spiro atoms. The third-order valence-corrected chi connectivity index (χ3v) is 3.41. The highest BCUT2D eigenvalue weighted by Crippen LogP contribution is 2.27. The Morgan fingerprint density at radius 1 is 1.62 bits per heavy atom. The van der Waals surface area contributed by atoms with Crippen LogP contribution >= 0.6 is 0 Å². The number of pyridine rings is 1. The highest BCUT2D eigenvalue weighted by Gasteiger charge is 2.30. The van der Waals surface area contributed by atoms with E-state index in [1.54, 1.807) is 6.92 Å². The quantitative estimate of drug-likeness (QED) is 0.242. The second-order valence-corrected chi connectivity index (χ2v) is 5.30. The molecule has 0 bridgehead atoms. The van der Waals surface area contributed by atoms with Gasteiger partial charge in [0, 0.05) is 19.2 Å². The van der Waals surface area contributed by atoms with Crippen molar-refractivity contribution < 1.29 is 15.2 Å². The number of rotatable bonds is 3. The Labute approximate surface area is 120 Å². The van der Waals surface area contributed by atoms with Crippen molar-refractivity contribution in [3.8, 4) is 0 Å². The number of piperidine rings is 1. The number of nitrogens with zero attached hydrogens (tertiary/aromatic N) is 4. The minimum atomic E-state index is -0.835. The van der Waals surface area contributed by atoms with Gasteiger partial charge in [0.05, 0.1) is 10.5 Å². The molecule has 1 aliphatic heterocycles. The van der Waals surface area contributed by atoms with Crippen LogP contribution in [0.5, 0.6) is 0 Å². The lowest BCUT2D eigenvalue weighted by atomic mass is 9.95. The summed E-state index contributed by atoms with van der Waals surface area (Å²) in [6.07, 6.45) is 1.47. The van der Waals surface area contributed by atoms with Crippen molar-refractivity contribution in [2.24, 2.45) is 10.9 Å². The lowest BCUT2D eigenvalue weighted by molar-refractivity contribution is -0.385. The van der Waals surface area contributed by atoms with Gasteiger partial charge in [0.25, 0.3) is 5.69 Å². The van der Waals surface area contributed by atoms with Gasteiger partial charge in [-0.2, -0.15) is 0 Å². The van der Waals surface area contributed by atoms with E-state index >= 15 is 0 Å². The Morgan fingerprint density at radius 3 is 2.90 bits per heavy atom. The van der Waals surface area contributed by atoms with Crippen LogP contribution in [0.2, 0.25) is 0 Å². The first kappa shape index (κ1) is 15.0. The van der Waals surface area contributed by atoms with Gasteiger partial charge in [0.2, 0.25) is 0 Å². The fourth-order valence-electron chi connectivity index (χ4n) is 2.42. The van der Waals surface area contributed by atoms with E-state index in [1.165, 1.54) is 12.1 Å². The second-order valence-electron chi connectivity index (χ2n) is 5.30. The van der Waals surface area contributed by atoms with Gasteiger partial charge in [-0.05, 0) is 25.8 Å². The number of β-amino-alcohol motifs (C(OH)–C–C–N with tert-alkyl or cyclic N) is 1. The van der Waals surface area contributed by atoms with E-state index in [0.29, 0.717) is 25.3 Å². The van der Waals surface area contributed by atoms with Gasteiger partial charge in [0.15, 0.2) is 11.5 Å². The van der Waals surface area contributed by atoms with Crippen LogP contribution in [0, 0.1) is 10.1 Å². The number of anilines is 1. The Balaban J connectivity index is 2.40. The molecule has 4 N–H and O–H groups in total. The zero-order chi connectivity index (χ0) is 15.6. The number of aromatic nitrogens is 1. The van der Waals surface area contributed by atoms with Crippen molar-refractivity contribution in [2.75, 3.05) is 18.0 Å². The van der Waals surface area contributed by atoms with Crippen LogP contribution in [0.15, 0.2) is 17.3 Å². The number of aliphatic hydroxyl groups is 1. The van der Waals surface area contributed by atoms with E-state index in [9.17, 15) is 15.2 Å². The molecule has 0 aromatic carbocycles. The maximum atomic E-state index is 11.0. The van der Waals surface area contributed by atoms with Crippen LogP contribution < -0.4 is 10.6 Å². The molecule has 0 aliphatic carbocycles. The summed E-state index contributed by atoms with van der Waals surface area (Å²) in [5, 5.41) is 32.6. The Kier molecular flexibility index (Phi) is 3.94. The molecule has 1 aliphatic rings. The summed E-state index contributed by atoms with van der Waals surface area (Å²) in [5.41, 5.74) is 4.09. The van der Waals surface area contributed by atoms with Crippen molar-refractivity contribution >= 4 is 17.3 Å². The lowest BCUT2D eigenvalue weighted by Crippen LogP contribution is -2.46. The molecule has 21 heavy (non-hydrogen) atoms. The van der Waals surface area contributed by atoms with Gasteiger partial charge in [-0.25, -0.2) is 4.98 Å². The SMILES string of the molecule is CC1(O)CCCN(c2ccc([N+](=O)[O-])c(/C(N)=N/O)n2)C1. The summed E-state index contributed by atoms with van der Waals surface area (Å²) >= 11 is 0. The molecule has 1 aromatic rings. The number of hydrogen-bond donors (Lipinski definition) is 3. The molecular weight excluding hydrogens is 278 g/mol. The van der Waals surface area contributed by atoms with E-state index < -0.39 is 16.4 Å². The molecule has 1 atom stereocenters. The van der Waals surface area contributed by atoms with Crippen LogP contribution in [-0.2, 0) is 0 Å². The van der Waals surface area contributed by atoms with Crippen LogP contribution in [0.3, 0.4) is 0 Å². The number of oxime groups is 1. The first-order valence-corrected chi connectivity index (χ1v) is 6.45. The molecule has 1 aromatic heterocycles. The van der Waals surface area contributed by atoms with Crippen LogP contribution in [0.1, 0.15) is 25.5 Å². The third kappa shape index (κ3) is 3.19. The first-order chi connectivity index (χ1) is 9.84. The van der Waals surface area contributed by atoms with Crippen molar-refractivity contribution in [2.45, 2.75) is 25.4 Å². The largest absolute Gasteiger partial charge is 0.409 e. The van der Waals surface area contributed by atoms with Gasteiger partial charge in [-0.3, -0.25) is 10.1 Å². The van der Waals surface area contributed by atoms with Crippen molar-refractivity contribution in [1.29, 1.82) is 0 Å². The van der Waals surface area contributed by atoms with Gasteiger partial charge in [0.1, 0.15) is 5.82 Å². The molecule has 114 valence electrons. The highest BCUT2D eigenvalue weighted by molar-refractivity contribution is 5.99. The summed E-state index contributed by atoms with van der Waals surface area (Å²) in [4.78, 5) is 16.2. The molecule has 0 radical (unpaired) electrons. The van der Waals surface area contributed by atoms with Crippen molar-refractivity contribution in [3.63, 3.8) is 0 Å². The first-order valence-electron chi connectivity index (χ1n) is 6.45. The lowest BCUT2D eigenvalue weighted by Gasteiger charge is -2.37. The Hall–Kier alpha value is -2.42. The summed E-state index contributed by atoms with van der Waals surface area (Å²) < 4.78 is 0. The summed E-state index contributed by atoms with van der Waals surface area (Å²) in [6, 6.07) is 2.76. The maximum Gasteiger partial charge on any atom is 0.298 e. The highest BCUT2D eigenvalue weighted by atomic mass is 16.6. The standard InChI is InChI=1S/C12H17N5O4/c1-12(18)5-2-6-16(7-12)9-4-3-8(17(20)21)10(14-9)11(13)15-19/h3-4,18-19H,2,5-7H2,1H3,(H2,13,15). The molecule has 9 nitrogen and oxygen atoms in total. The van der Waals surface area contributed by atoms with Crippen LogP contribution in [-0.4, -0.2) is 44.7 Å². The fourth-order valence-corrected chi connectivity index (χ4v) is 2.42.